The monoisotopic (exact) mass is 253 g/mol. The van der Waals surface area contributed by atoms with Gasteiger partial charge in [-0.25, -0.2) is 0 Å². The number of rotatable bonds is 5. The summed E-state index contributed by atoms with van der Waals surface area (Å²) in [6.07, 6.45) is 2.41. The number of nitriles is 1. The predicted octanol–water partition coefficient (Wildman–Crippen LogP) is 0.453. The molecule has 5 nitrogen and oxygen atoms in total. The minimum Gasteiger partial charge on any atom is -0.395 e. The quantitative estimate of drug-likeness (QED) is 0.772. The van der Waals surface area contributed by atoms with Crippen molar-refractivity contribution in [1.29, 1.82) is 5.26 Å². The zero-order valence-electron chi connectivity index (χ0n) is 11.1. The van der Waals surface area contributed by atoms with Crippen LogP contribution in [0.5, 0.6) is 0 Å². The van der Waals surface area contributed by atoms with Crippen LogP contribution in [0.3, 0.4) is 0 Å². The first kappa shape index (κ1) is 14.9. The van der Waals surface area contributed by atoms with E-state index in [1.807, 2.05) is 6.92 Å². The predicted molar refractivity (Wildman–Crippen MR) is 68.7 cm³/mol. The molecule has 0 aliphatic carbocycles. The average Bonchev–Trinajstić information content (AvgIpc) is 2.61. The summed E-state index contributed by atoms with van der Waals surface area (Å²) in [4.78, 5) is 16.1. The molecule has 0 saturated carbocycles. The maximum atomic E-state index is 12.2. The molecule has 1 heterocycles. The number of hydrogen-bond acceptors (Lipinski definition) is 4. The molecule has 1 N–H and O–H groups in total. The maximum absolute atomic E-state index is 12.2. The van der Waals surface area contributed by atoms with Gasteiger partial charge in [0, 0.05) is 26.2 Å². The molecule has 0 aromatic carbocycles. The lowest BCUT2D eigenvalue weighted by Gasteiger charge is -2.23. The second kappa shape index (κ2) is 8.06. The Kier molecular flexibility index (Phi) is 6.69. The lowest BCUT2D eigenvalue weighted by Crippen LogP contribution is -2.39. The van der Waals surface area contributed by atoms with Crippen LogP contribution in [0, 0.1) is 17.2 Å². The molecule has 1 aliphatic rings. The fourth-order valence-electron chi connectivity index (χ4n) is 2.31. The second-order valence-electron chi connectivity index (χ2n) is 4.71. The van der Waals surface area contributed by atoms with Crippen LogP contribution in [-0.4, -0.2) is 60.1 Å². The van der Waals surface area contributed by atoms with Crippen molar-refractivity contribution < 1.29 is 9.90 Å². The SMILES string of the molecule is CCCC(C#N)C(=O)N1CCCN(CCO)CC1. The van der Waals surface area contributed by atoms with E-state index in [-0.39, 0.29) is 12.5 Å². The van der Waals surface area contributed by atoms with Gasteiger partial charge in [0.2, 0.25) is 5.91 Å². The lowest BCUT2D eigenvalue weighted by molar-refractivity contribution is -0.133. The molecular weight excluding hydrogens is 230 g/mol. The molecule has 1 amide bonds. The highest BCUT2D eigenvalue weighted by Gasteiger charge is 2.25. The minimum atomic E-state index is -0.487. The van der Waals surface area contributed by atoms with Gasteiger partial charge in [-0.05, 0) is 19.4 Å². The second-order valence-corrected chi connectivity index (χ2v) is 4.71. The summed E-state index contributed by atoms with van der Waals surface area (Å²) < 4.78 is 0. The van der Waals surface area contributed by atoms with Crippen LogP contribution in [0.15, 0.2) is 0 Å². The number of carbonyl (C=O) groups is 1. The summed E-state index contributed by atoms with van der Waals surface area (Å²) in [6, 6.07) is 2.11. The molecule has 5 heteroatoms. The Morgan fingerprint density at radius 3 is 2.78 bits per heavy atom. The summed E-state index contributed by atoms with van der Waals surface area (Å²) >= 11 is 0. The van der Waals surface area contributed by atoms with Gasteiger partial charge in [0.1, 0.15) is 5.92 Å². The van der Waals surface area contributed by atoms with E-state index in [2.05, 4.69) is 11.0 Å². The molecule has 1 atom stereocenters. The van der Waals surface area contributed by atoms with Crippen molar-refractivity contribution in [2.75, 3.05) is 39.3 Å². The van der Waals surface area contributed by atoms with E-state index < -0.39 is 5.92 Å². The molecule has 1 saturated heterocycles. The Morgan fingerprint density at radius 1 is 1.39 bits per heavy atom. The molecule has 0 aromatic heterocycles. The Morgan fingerprint density at radius 2 is 2.17 bits per heavy atom. The number of aliphatic hydroxyl groups is 1. The van der Waals surface area contributed by atoms with Crippen LogP contribution in [-0.2, 0) is 4.79 Å². The van der Waals surface area contributed by atoms with Gasteiger partial charge in [0.05, 0.1) is 12.7 Å². The Bertz CT molecular complexity index is 301. The molecule has 1 fully saturated rings. The first-order valence-electron chi connectivity index (χ1n) is 6.74. The van der Waals surface area contributed by atoms with E-state index in [9.17, 15) is 4.79 Å². The minimum absolute atomic E-state index is 0.0230. The third-order valence-electron chi connectivity index (χ3n) is 3.35. The number of aliphatic hydroxyl groups excluding tert-OH is 1. The number of hydrogen-bond donors (Lipinski definition) is 1. The maximum Gasteiger partial charge on any atom is 0.239 e. The molecular formula is C13H23N3O2. The van der Waals surface area contributed by atoms with E-state index in [4.69, 9.17) is 10.4 Å². The summed E-state index contributed by atoms with van der Waals surface area (Å²) in [5.41, 5.74) is 0. The van der Waals surface area contributed by atoms with Crippen molar-refractivity contribution in [3.8, 4) is 6.07 Å². The highest BCUT2D eigenvalue weighted by molar-refractivity contribution is 5.81. The standard InChI is InChI=1S/C13H23N3O2/c1-2-4-12(11-14)13(18)16-6-3-5-15(7-8-16)9-10-17/h12,17H,2-10H2,1H3. The Hall–Kier alpha value is -1.12. The van der Waals surface area contributed by atoms with Gasteiger partial charge in [-0.1, -0.05) is 13.3 Å². The summed E-state index contributed by atoms with van der Waals surface area (Å²) in [5.74, 6) is -0.510. The molecule has 102 valence electrons. The van der Waals surface area contributed by atoms with Crippen molar-refractivity contribution >= 4 is 5.91 Å². The number of carbonyl (C=O) groups excluding carboxylic acids is 1. The topological polar surface area (TPSA) is 67.6 Å². The van der Waals surface area contributed by atoms with Gasteiger partial charge in [-0.3, -0.25) is 9.69 Å². The van der Waals surface area contributed by atoms with Crippen molar-refractivity contribution in [3.05, 3.63) is 0 Å². The van der Waals surface area contributed by atoms with Gasteiger partial charge in [-0.2, -0.15) is 5.26 Å². The van der Waals surface area contributed by atoms with Gasteiger partial charge >= 0.3 is 0 Å². The van der Waals surface area contributed by atoms with Crippen LogP contribution in [0.1, 0.15) is 26.2 Å². The van der Waals surface area contributed by atoms with E-state index in [0.29, 0.717) is 19.5 Å². The van der Waals surface area contributed by atoms with Crippen molar-refractivity contribution in [2.24, 2.45) is 5.92 Å². The molecule has 18 heavy (non-hydrogen) atoms. The zero-order valence-corrected chi connectivity index (χ0v) is 11.1. The van der Waals surface area contributed by atoms with Gasteiger partial charge in [-0.15, -0.1) is 0 Å². The smallest absolute Gasteiger partial charge is 0.239 e. The number of β-amino-alcohol motifs (C(OH)–C–C–N with tert-alkyl or cyclic N) is 1. The summed E-state index contributed by atoms with van der Waals surface area (Å²) in [5, 5.41) is 17.9. The summed E-state index contributed by atoms with van der Waals surface area (Å²) in [6.45, 7) is 5.90. The highest BCUT2D eigenvalue weighted by Crippen LogP contribution is 2.12. The van der Waals surface area contributed by atoms with E-state index >= 15 is 0 Å². The van der Waals surface area contributed by atoms with Gasteiger partial charge < -0.3 is 10.0 Å². The van der Waals surface area contributed by atoms with Crippen LogP contribution in [0.25, 0.3) is 0 Å². The lowest BCUT2D eigenvalue weighted by atomic mass is 10.0. The fraction of sp³-hybridized carbons (Fsp3) is 0.846. The van der Waals surface area contributed by atoms with Crippen molar-refractivity contribution in [3.63, 3.8) is 0 Å². The number of nitrogens with zero attached hydrogens (tertiary/aromatic N) is 3. The normalized spacial score (nSPS) is 19.1. The van der Waals surface area contributed by atoms with Crippen LogP contribution in [0.4, 0.5) is 0 Å². The molecule has 0 radical (unpaired) electrons. The average molecular weight is 253 g/mol. The highest BCUT2D eigenvalue weighted by atomic mass is 16.3. The fourth-order valence-corrected chi connectivity index (χ4v) is 2.31. The Balaban J connectivity index is 2.51. The van der Waals surface area contributed by atoms with E-state index in [1.54, 1.807) is 4.90 Å². The van der Waals surface area contributed by atoms with E-state index in [0.717, 1.165) is 32.5 Å². The van der Waals surface area contributed by atoms with Crippen LogP contribution >= 0.6 is 0 Å². The van der Waals surface area contributed by atoms with Gasteiger partial charge in [0.15, 0.2) is 0 Å². The van der Waals surface area contributed by atoms with Crippen LogP contribution in [0.2, 0.25) is 0 Å². The van der Waals surface area contributed by atoms with Crippen molar-refractivity contribution in [2.45, 2.75) is 26.2 Å². The number of amides is 1. The third kappa shape index (κ3) is 4.28. The molecule has 1 rings (SSSR count). The van der Waals surface area contributed by atoms with Crippen molar-refractivity contribution in [1.82, 2.24) is 9.80 Å². The summed E-state index contributed by atoms with van der Waals surface area (Å²) in [7, 11) is 0. The van der Waals surface area contributed by atoms with Gasteiger partial charge in [0.25, 0.3) is 0 Å². The largest absolute Gasteiger partial charge is 0.395 e. The molecule has 1 aliphatic heterocycles. The molecule has 0 aromatic rings. The zero-order chi connectivity index (χ0) is 13.4. The Labute approximate surface area is 109 Å². The third-order valence-corrected chi connectivity index (χ3v) is 3.35. The molecule has 0 bridgehead atoms. The van der Waals surface area contributed by atoms with E-state index in [1.165, 1.54) is 0 Å². The first-order chi connectivity index (χ1) is 8.72. The van der Waals surface area contributed by atoms with Crippen LogP contribution < -0.4 is 0 Å². The molecule has 0 spiro atoms. The molecule has 1 unspecified atom stereocenters. The first-order valence-corrected chi connectivity index (χ1v) is 6.74.